The van der Waals surface area contributed by atoms with Crippen molar-refractivity contribution in [1.82, 2.24) is 0 Å². The van der Waals surface area contributed by atoms with Gasteiger partial charge < -0.3 is 5.32 Å². The molecular weight excluding hydrogens is 268 g/mol. The van der Waals surface area contributed by atoms with E-state index in [1.54, 1.807) is 0 Å². The van der Waals surface area contributed by atoms with Crippen molar-refractivity contribution in [2.24, 2.45) is 5.92 Å². The Bertz CT molecular complexity index is 678. The zero-order valence-corrected chi connectivity index (χ0v) is 13.3. The summed E-state index contributed by atoms with van der Waals surface area (Å²) in [6.07, 6.45) is 1.42. The molecular formula is C20H22N2. The molecule has 1 unspecified atom stereocenters. The molecule has 2 nitrogen and oxygen atoms in total. The number of anilines is 1. The molecule has 0 bridgehead atoms. The van der Waals surface area contributed by atoms with Crippen molar-refractivity contribution in [3.8, 4) is 6.07 Å². The van der Waals surface area contributed by atoms with Gasteiger partial charge in [0.15, 0.2) is 0 Å². The highest BCUT2D eigenvalue weighted by Crippen LogP contribution is 2.19. The van der Waals surface area contributed by atoms with Crippen molar-refractivity contribution >= 4 is 5.69 Å². The normalized spacial score (nSPS) is 11.5. The van der Waals surface area contributed by atoms with Gasteiger partial charge in [-0.05, 0) is 36.6 Å². The first-order valence-corrected chi connectivity index (χ1v) is 7.55. The lowest BCUT2D eigenvalue weighted by atomic mass is 10.0. The lowest BCUT2D eigenvalue weighted by Gasteiger charge is -2.14. The summed E-state index contributed by atoms with van der Waals surface area (Å²) < 4.78 is 0. The fourth-order valence-corrected chi connectivity index (χ4v) is 2.33. The maximum Gasteiger partial charge on any atom is 0.0628 e. The van der Waals surface area contributed by atoms with Crippen molar-refractivity contribution in [3.63, 3.8) is 0 Å². The Balaban J connectivity index is 1.99. The average molecular weight is 290 g/mol. The molecule has 2 heteroatoms. The molecule has 0 aliphatic heterocycles. The van der Waals surface area contributed by atoms with E-state index in [0.717, 1.165) is 17.8 Å². The maximum atomic E-state index is 8.73. The van der Waals surface area contributed by atoms with E-state index >= 15 is 0 Å². The number of benzene rings is 2. The van der Waals surface area contributed by atoms with E-state index in [1.165, 1.54) is 16.7 Å². The summed E-state index contributed by atoms with van der Waals surface area (Å²) in [6.45, 7) is 8.13. The number of hydrogen-bond donors (Lipinski definition) is 1. The molecule has 1 N–H and O–H groups in total. The van der Waals surface area contributed by atoms with Gasteiger partial charge in [-0.1, -0.05) is 55.5 Å². The standard InChI is InChI=1S/C20H22N2/c1-15-5-4-6-19(13-15)14-18-7-9-20(10-8-18)22-17(3)16(2)11-12-21/h4-10,13,16,22H,3,11,14H2,1-2H3. The summed E-state index contributed by atoms with van der Waals surface area (Å²) in [5, 5.41) is 12.0. The molecule has 0 saturated carbocycles. The van der Waals surface area contributed by atoms with Crippen LogP contribution >= 0.6 is 0 Å². The molecule has 0 aromatic heterocycles. The molecule has 0 radical (unpaired) electrons. The van der Waals surface area contributed by atoms with E-state index in [0.29, 0.717) is 6.42 Å². The van der Waals surface area contributed by atoms with Gasteiger partial charge in [0.25, 0.3) is 0 Å². The van der Waals surface area contributed by atoms with Crippen LogP contribution in [0, 0.1) is 24.2 Å². The van der Waals surface area contributed by atoms with Crippen LogP contribution in [0.2, 0.25) is 0 Å². The summed E-state index contributed by atoms with van der Waals surface area (Å²) >= 11 is 0. The van der Waals surface area contributed by atoms with Gasteiger partial charge >= 0.3 is 0 Å². The predicted octanol–water partition coefficient (Wildman–Crippen LogP) is 5.06. The smallest absolute Gasteiger partial charge is 0.0628 e. The summed E-state index contributed by atoms with van der Waals surface area (Å²) in [5.41, 5.74) is 5.80. The van der Waals surface area contributed by atoms with E-state index in [-0.39, 0.29) is 5.92 Å². The van der Waals surface area contributed by atoms with Gasteiger partial charge in [0.2, 0.25) is 0 Å². The Morgan fingerprint density at radius 2 is 1.91 bits per heavy atom. The largest absolute Gasteiger partial charge is 0.359 e. The van der Waals surface area contributed by atoms with Crippen molar-refractivity contribution in [1.29, 1.82) is 5.26 Å². The van der Waals surface area contributed by atoms with Gasteiger partial charge in [0, 0.05) is 23.7 Å². The zero-order valence-electron chi connectivity index (χ0n) is 13.3. The van der Waals surface area contributed by atoms with Crippen LogP contribution in [0.1, 0.15) is 30.0 Å². The Morgan fingerprint density at radius 3 is 2.55 bits per heavy atom. The zero-order chi connectivity index (χ0) is 15.9. The Hall–Kier alpha value is -2.53. The fraction of sp³-hybridized carbons (Fsp3) is 0.250. The molecule has 0 amide bonds. The molecule has 2 aromatic rings. The second kappa shape index (κ2) is 7.47. The lowest BCUT2D eigenvalue weighted by molar-refractivity contribution is 0.710. The molecule has 0 saturated heterocycles. The third kappa shape index (κ3) is 4.49. The number of hydrogen-bond acceptors (Lipinski definition) is 2. The van der Waals surface area contributed by atoms with E-state index in [9.17, 15) is 0 Å². The average Bonchev–Trinajstić information content (AvgIpc) is 2.49. The summed E-state index contributed by atoms with van der Waals surface area (Å²) in [4.78, 5) is 0. The van der Waals surface area contributed by atoms with E-state index in [4.69, 9.17) is 5.26 Å². The molecule has 2 rings (SSSR count). The highest BCUT2D eigenvalue weighted by atomic mass is 14.9. The van der Waals surface area contributed by atoms with Crippen LogP contribution in [0.15, 0.2) is 60.8 Å². The lowest BCUT2D eigenvalue weighted by Crippen LogP contribution is -2.07. The summed E-state index contributed by atoms with van der Waals surface area (Å²) in [7, 11) is 0. The van der Waals surface area contributed by atoms with Crippen molar-refractivity contribution in [2.75, 3.05) is 5.32 Å². The van der Waals surface area contributed by atoms with Crippen molar-refractivity contribution < 1.29 is 0 Å². The first-order valence-electron chi connectivity index (χ1n) is 7.55. The Labute approximate surface area is 133 Å². The number of allylic oxidation sites excluding steroid dienone is 1. The first kappa shape index (κ1) is 15.9. The minimum atomic E-state index is 0.150. The van der Waals surface area contributed by atoms with Gasteiger partial charge in [0.1, 0.15) is 0 Å². The molecule has 22 heavy (non-hydrogen) atoms. The number of aryl methyl sites for hydroxylation is 1. The summed E-state index contributed by atoms with van der Waals surface area (Å²) in [5.74, 6) is 0.150. The highest BCUT2D eigenvalue weighted by molar-refractivity contribution is 5.49. The third-order valence-electron chi connectivity index (χ3n) is 3.74. The van der Waals surface area contributed by atoms with Gasteiger partial charge in [-0.15, -0.1) is 0 Å². The van der Waals surface area contributed by atoms with Crippen LogP contribution in [0.25, 0.3) is 0 Å². The molecule has 0 heterocycles. The minimum absolute atomic E-state index is 0.150. The van der Waals surface area contributed by atoms with Crippen LogP contribution in [-0.4, -0.2) is 0 Å². The van der Waals surface area contributed by atoms with Crippen molar-refractivity contribution in [3.05, 3.63) is 77.5 Å². The van der Waals surface area contributed by atoms with Gasteiger partial charge in [-0.2, -0.15) is 5.26 Å². The molecule has 1 atom stereocenters. The second-order valence-corrected chi connectivity index (χ2v) is 5.78. The number of nitriles is 1. The first-order chi connectivity index (χ1) is 10.6. The third-order valence-corrected chi connectivity index (χ3v) is 3.74. The van der Waals surface area contributed by atoms with Crippen LogP contribution in [-0.2, 0) is 6.42 Å². The van der Waals surface area contributed by atoms with Crippen molar-refractivity contribution in [2.45, 2.75) is 26.7 Å². The Morgan fingerprint density at radius 1 is 1.18 bits per heavy atom. The molecule has 0 spiro atoms. The fourth-order valence-electron chi connectivity index (χ4n) is 2.33. The van der Waals surface area contributed by atoms with Crippen LogP contribution in [0.5, 0.6) is 0 Å². The Kier molecular flexibility index (Phi) is 5.38. The van der Waals surface area contributed by atoms with Gasteiger partial charge in [-0.3, -0.25) is 0 Å². The molecule has 2 aromatic carbocycles. The van der Waals surface area contributed by atoms with Crippen LogP contribution in [0.3, 0.4) is 0 Å². The van der Waals surface area contributed by atoms with Crippen LogP contribution < -0.4 is 5.32 Å². The predicted molar refractivity (Wildman–Crippen MR) is 92.6 cm³/mol. The number of rotatable bonds is 6. The van der Waals surface area contributed by atoms with Crippen LogP contribution in [0.4, 0.5) is 5.69 Å². The minimum Gasteiger partial charge on any atom is -0.359 e. The number of nitrogens with zero attached hydrogens (tertiary/aromatic N) is 1. The summed E-state index contributed by atoms with van der Waals surface area (Å²) in [6, 6.07) is 19.2. The monoisotopic (exact) mass is 290 g/mol. The van der Waals surface area contributed by atoms with E-state index < -0.39 is 0 Å². The van der Waals surface area contributed by atoms with Gasteiger partial charge in [0.05, 0.1) is 6.07 Å². The molecule has 0 fully saturated rings. The van der Waals surface area contributed by atoms with Gasteiger partial charge in [-0.25, -0.2) is 0 Å². The highest BCUT2D eigenvalue weighted by Gasteiger charge is 2.06. The SMILES string of the molecule is C=C(Nc1ccc(Cc2cccc(C)c2)cc1)C(C)CC#N. The van der Waals surface area contributed by atoms with E-state index in [2.05, 4.69) is 73.4 Å². The van der Waals surface area contributed by atoms with E-state index in [1.807, 2.05) is 6.92 Å². The molecule has 0 aliphatic carbocycles. The number of nitrogens with one attached hydrogen (secondary N) is 1. The maximum absolute atomic E-state index is 8.73. The topological polar surface area (TPSA) is 35.8 Å². The molecule has 112 valence electrons. The quantitative estimate of drug-likeness (QED) is 0.807. The second-order valence-electron chi connectivity index (χ2n) is 5.78. The molecule has 0 aliphatic rings.